The number of aliphatic hydroxyl groups excluding tert-OH is 1. The minimum atomic E-state index is -0.460. The Labute approximate surface area is 123 Å². The smallest absolute Gasteiger partial charge is 0.255 e. The Morgan fingerprint density at radius 3 is 2.33 bits per heavy atom. The van der Waals surface area contributed by atoms with Gasteiger partial charge in [-0.2, -0.15) is 0 Å². The van der Waals surface area contributed by atoms with E-state index in [1.165, 1.54) is 0 Å². The molecule has 0 aliphatic carbocycles. The van der Waals surface area contributed by atoms with Crippen LogP contribution < -0.4 is 5.32 Å². The average Bonchev–Trinajstić information content (AvgIpc) is 2.45. The molecule has 0 aliphatic rings. The standard InChI is InChI=1S/C17H17NO3/c1-11-3-5-13(6-4-11)14-7-8-15(16(20)9-14)17(21)18-10-12(2)19/h3-9,19-20H,2,10H2,1H3,(H,18,21). The van der Waals surface area contributed by atoms with Gasteiger partial charge in [-0.3, -0.25) is 4.79 Å². The van der Waals surface area contributed by atoms with Crippen LogP contribution in [0.3, 0.4) is 0 Å². The van der Waals surface area contributed by atoms with Crippen molar-refractivity contribution in [3.05, 3.63) is 65.9 Å². The van der Waals surface area contributed by atoms with Gasteiger partial charge in [0, 0.05) is 0 Å². The van der Waals surface area contributed by atoms with Crippen LogP contribution in [0.15, 0.2) is 54.8 Å². The van der Waals surface area contributed by atoms with Crippen LogP contribution in [0.25, 0.3) is 11.1 Å². The lowest BCUT2D eigenvalue weighted by atomic mass is 10.0. The SMILES string of the molecule is C=C(O)CNC(=O)c1ccc(-c2ccc(C)cc2)cc1O. The summed E-state index contributed by atoms with van der Waals surface area (Å²) in [7, 11) is 0. The highest BCUT2D eigenvalue weighted by atomic mass is 16.3. The van der Waals surface area contributed by atoms with E-state index >= 15 is 0 Å². The van der Waals surface area contributed by atoms with E-state index in [4.69, 9.17) is 5.11 Å². The van der Waals surface area contributed by atoms with E-state index in [0.717, 1.165) is 16.7 Å². The summed E-state index contributed by atoms with van der Waals surface area (Å²) in [5.74, 6) is -0.702. The highest BCUT2D eigenvalue weighted by Crippen LogP contribution is 2.26. The fraction of sp³-hybridized carbons (Fsp3) is 0.118. The summed E-state index contributed by atoms with van der Waals surface area (Å²) in [5.41, 5.74) is 3.11. The minimum Gasteiger partial charge on any atom is -0.511 e. The van der Waals surface area contributed by atoms with Crippen molar-refractivity contribution in [1.82, 2.24) is 5.32 Å². The number of benzene rings is 2. The van der Waals surface area contributed by atoms with Crippen LogP contribution in [0.5, 0.6) is 5.75 Å². The minimum absolute atomic E-state index is 0.0437. The first kappa shape index (κ1) is 14.7. The van der Waals surface area contributed by atoms with Gasteiger partial charge in [-0.15, -0.1) is 0 Å². The Bertz CT molecular complexity index is 675. The molecule has 2 aromatic carbocycles. The number of phenolic OH excluding ortho intramolecular Hbond substituents is 1. The van der Waals surface area contributed by atoms with Gasteiger partial charge >= 0.3 is 0 Å². The predicted octanol–water partition coefficient (Wildman–Crippen LogP) is 3.17. The van der Waals surface area contributed by atoms with Crippen molar-refractivity contribution >= 4 is 5.91 Å². The normalized spacial score (nSPS) is 10.1. The molecule has 0 radical (unpaired) electrons. The molecule has 2 aromatic rings. The molecular weight excluding hydrogens is 266 g/mol. The maximum Gasteiger partial charge on any atom is 0.255 e. The second-order valence-electron chi connectivity index (χ2n) is 4.85. The zero-order valence-electron chi connectivity index (χ0n) is 11.8. The molecular formula is C17H17NO3. The van der Waals surface area contributed by atoms with E-state index in [1.807, 2.05) is 31.2 Å². The van der Waals surface area contributed by atoms with Crippen molar-refractivity contribution in [1.29, 1.82) is 0 Å². The summed E-state index contributed by atoms with van der Waals surface area (Å²) >= 11 is 0. The maximum absolute atomic E-state index is 11.8. The topological polar surface area (TPSA) is 69.6 Å². The van der Waals surface area contributed by atoms with Crippen molar-refractivity contribution in [3.63, 3.8) is 0 Å². The molecule has 1 amide bonds. The number of amides is 1. The highest BCUT2D eigenvalue weighted by molar-refractivity contribution is 5.97. The summed E-state index contributed by atoms with van der Waals surface area (Å²) in [6, 6.07) is 12.8. The third-order valence-electron chi connectivity index (χ3n) is 3.08. The third-order valence-corrected chi connectivity index (χ3v) is 3.08. The van der Waals surface area contributed by atoms with Crippen LogP contribution in [0.2, 0.25) is 0 Å². The lowest BCUT2D eigenvalue weighted by Crippen LogP contribution is -2.25. The number of nitrogens with one attached hydrogen (secondary N) is 1. The fourth-order valence-corrected chi connectivity index (χ4v) is 1.93. The number of carbonyl (C=O) groups excluding carboxylic acids is 1. The van der Waals surface area contributed by atoms with Gasteiger partial charge in [0.1, 0.15) is 11.5 Å². The van der Waals surface area contributed by atoms with Crippen molar-refractivity contribution in [3.8, 4) is 16.9 Å². The first-order valence-electron chi connectivity index (χ1n) is 6.52. The van der Waals surface area contributed by atoms with Crippen molar-refractivity contribution in [2.75, 3.05) is 6.54 Å². The van der Waals surface area contributed by atoms with Gasteiger partial charge in [0.15, 0.2) is 0 Å². The zero-order valence-corrected chi connectivity index (χ0v) is 11.8. The fourth-order valence-electron chi connectivity index (χ4n) is 1.93. The molecule has 3 N–H and O–H groups in total. The molecule has 2 rings (SSSR count). The molecule has 108 valence electrons. The average molecular weight is 283 g/mol. The van der Waals surface area contributed by atoms with E-state index in [-0.39, 0.29) is 23.6 Å². The van der Waals surface area contributed by atoms with Gasteiger partial charge in [0.2, 0.25) is 0 Å². The van der Waals surface area contributed by atoms with E-state index in [2.05, 4.69) is 11.9 Å². The molecule has 0 atom stereocenters. The van der Waals surface area contributed by atoms with Crippen LogP contribution in [-0.2, 0) is 0 Å². The van der Waals surface area contributed by atoms with Crippen LogP contribution >= 0.6 is 0 Å². The first-order valence-corrected chi connectivity index (χ1v) is 6.52. The van der Waals surface area contributed by atoms with Gasteiger partial charge in [-0.1, -0.05) is 42.5 Å². The number of carbonyl (C=O) groups is 1. The molecule has 0 fully saturated rings. The van der Waals surface area contributed by atoms with E-state index in [9.17, 15) is 9.90 Å². The van der Waals surface area contributed by atoms with Crippen LogP contribution in [0, 0.1) is 6.92 Å². The van der Waals surface area contributed by atoms with Crippen LogP contribution in [0.4, 0.5) is 0 Å². The Morgan fingerprint density at radius 2 is 1.76 bits per heavy atom. The number of rotatable bonds is 4. The van der Waals surface area contributed by atoms with Crippen molar-refractivity contribution in [2.24, 2.45) is 0 Å². The third kappa shape index (κ3) is 3.63. The van der Waals surface area contributed by atoms with E-state index in [0.29, 0.717) is 0 Å². The van der Waals surface area contributed by atoms with E-state index < -0.39 is 5.91 Å². The number of aromatic hydroxyl groups is 1. The van der Waals surface area contributed by atoms with Crippen molar-refractivity contribution in [2.45, 2.75) is 6.92 Å². The van der Waals surface area contributed by atoms with Crippen molar-refractivity contribution < 1.29 is 15.0 Å². The zero-order chi connectivity index (χ0) is 15.4. The summed E-state index contributed by atoms with van der Waals surface area (Å²) in [5, 5.41) is 21.4. The molecule has 21 heavy (non-hydrogen) atoms. The number of phenols is 1. The summed E-state index contributed by atoms with van der Waals surface area (Å²) in [6.07, 6.45) is 0. The second kappa shape index (κ2) is 6.13. The Kier molecular flexibility index (Phi) is 4.28. The summed E-state index contributed by atoms with van der Waals surface area (Å²) < 4.78 is 0. The lowest BCUT2D eigenvalue weighted by Gasteiger charge is -2.08. The number of aliphatic hydroxyl groups is 1. The Morgan fingerprint density at radius 1 is 1.14 bits per heavy atom. The first-order chi connectivity index (χ1) is 9.97. The molecule has 4 nitrogen and oxygen atoms in total. The Balaban J connectivity index is 2.23. The lowest BCUT2D eigenvalue weighted by molar-refractivity contribution is 0.0950. The summed E-state index contributed by atoms with van der Waals surface area (Å²) in [6.45, 7) is 5.24. The van der Waals surface area contributed by atoms with E-state index in [1.54, 1.807) is 18.2 Å². The maximum atomic E-state index is 11.8. The Hall–Kier alpha value is -2.75. The molecule has 0 aromatic heterocycles. The quantitative estimate of drug-likeness (QED) is 0.755. The van der Waals surface area contributed by atoms with Crippen LogP contribution in [-0.4, -0.2) is 22.7 Å². The molecule has 0 unspecified atom stereocenters. The van der Waals surface area contributed by atoms with Gasteiger partial charge < -0.3 is 15.5 Å². The largest absolute Gasteiger partial charge is 0.511 e. The molecule has 0 heterocycles. The molecule has 0 bridgehead atoms. The monoisotopic (exact) mass is 283 g/mol. The molecule has 0 aliphatic heterocycles. The van der Waals surface area contributed by atoms with Crippen LogP contribution in [0.1, 0.15) is 15.9 Å². The van der Waals surface area contributed by atoms with Gasteiger partial charge in [0.25, 0.3) is 5.91 Å². The van der Waals surface area contributed by atoms with Gasteiger partial charge in [0.05, 0.1) is 12.1 Å². The van der Waals surface area contributed by atoms with Gasteiger partial charge in [-0.25, -0.2) is 0 Å². The number of hydrogen-bond acceptors (Lipinski definition) is 3. The summed E-state index contributed by atoms with van der Waals surface area (Å²) in [4.78, 5) is 11.8. The highest BCUT2D eigenvalue weighted by Gasteiger charge is 2.12. The predicted molar refractivity (Wildman–Crippen MR) is 82.4 cm³/mol. The number of hydrogen-bond donors (Lipinski definition) is 3. The molecule has 0 spiro atoms. The molecule has 0 saturated carbocycles. The molecule has 4 heteroatoms. The van der Waals surface area contributed by atoms with Gasteiger partial charge in [-0.05, 0) is 30.2 Å². The number of aryl methyl sites for hydroxylation is 1. The second-order valence-corrected chi connectivity index (χ2v) is 4.85. The molecule has 0 saturated heterocycles.